The Hall–Kier alpha value is -1.29. The van der Waals surface area contributed by atoms with Crippen LogP contribution in [0.2, 0.25) is 0 Å². The minimum absolute atomic E-state index is 0.737. The summed E-state index contributed by atoms with van der Waals surface area (Å²) in [5.41, 5.74) is 5.40. The molecule has 0 bridgehead atoms. The number of aromatic nitrogens is 1. The highest BCUT2D eigenvalue weighted by Crippen LogP contribution is 2.19. The average molecular weight is 195 g/mol. The summed E-state index contributed by atoms with van der Waals surface area (Å²) >= 11 is 0. The van der Waals surface area contributed by atoms with E-state index >= 15 is 0 Å². The molecule has 0 saturated heterocycles. The number of nitrogens with zero attached hydrogens (tertiary/aromatic N) is 1. The summed E-state index contributed by atoms with van der Waals surface area (Å²) in [6, 6.07) is 3.74. The molecule has 1 aromatic rings. The van der Waals surface area contributed by atoms with Crippen LogP contribution in [0.15, 0.2) is 18.3 Å². The molecule has 1 rings (SSSR count). The number of hydrogen-bond donors (Lipinski definition) is 2. The molecule has 0 aliphatic carbocycles. The second-order valence-corrected chi connectivity index (χ2v) is 2.98. The molecule has 1 heterocycles. The van der Waals surface area contributed by atoms with Gasteiger partial charge in [-0.15, -0.1) is 0 Å². The SMILES string of the molecule is COc1cccnc1NCCCCN. The Kier molecular flexibility index (Phi) is 4.78. The lowest BCUT2D eigenvalue weighted by Crippen LogP contribution is -2.07. The van der Waals surface area contributed by atoms with E-state index in [9.17, 15) is 0 Å². The van der Waals surface area contributed by atoms with Crippen molar-refractivity contribution >= 4 is 5.82 Å². The lowest BCUT2D eigenvalue weighted by molar-refractivity contribution is 0.415. The highest BCUT2D eigenvalue weighted by atomic mass is 16.5. The maximum absolute atomic E-state index is 5.40. The third kappa shape index (κ3) is 3.22. The number of nitrogens with one attached hydrogen (secondary N) is 1. The van der Waals surface area contributed by atoms with Crippen LogP contribution >= 0.6 is 0 Å². The molecule has 0 aliphatic heterocycles. The lowest BCUT2D eigenvalue weighted by Gasteiger charge is -2.08. The topological polar surface area (TPSA) is 60.2 Å². The smallest absolute Gasteiger partial charge is 0.168 e. The van der Waals surface area contributed by atoms with Gasteiger partial charge in [-0.25, -0.2) is 4.98 Å². The third-order valence-electron chi connectivity index (χ3n) is 1.91. The van der Waals surface area contributed by atoms with Crippen molar-refractivity contribution in [2.24, 2.45) is 5.73 Å². The number of hydrogen-bond acceptors (Lipinski definition) is 4. The Morgan fingerprint density at radius 2 is 2.36 bits per heavy atom. The molecule has 0 unspecified atom stereocenters. The molecule has 0 atom stereocenters. The predicted octanol–water partition coefficient (Wildman–Crippen LogP) is 1.24. The Labute approximate surface area is 84.5 Å². The van der Waals surface area contributed by atoms with Crippen molar-refractivity contribution in [3.8, 4) is 5.75 Å². The number of pyridine rings is 1. The zero-order valence-corrected chi connectivity index (χ0v) is 8.49. The summed E-state index contributed by atoms with van der Waals surface area (Å²) in [7, 11) is 1.64. The molecule has 0 amide bonds. The number of anilines is 1. The van der Waals surface area contributed by atoms with E-state index < -0.39 is 0 Å². The van der Waals surface area contributed by atoms with Crippen LogP contribution in [0.5, 0.6) is 5.75 Å². The van der Waals surface area contributed by atoms with Crippen molar-refractivity contribution in [1.29, 1.82) is 0 Å². The minimum atomic E-state index is 0.737. The van der Waals surface area contributed by atoms with Crippen LogP contribution in [0, 0.1) is 0 Å². The number of methoxy groups -OCH3 is 1. The lowest BCUT2D eigenvalue weighted by atomic mass is 10.3. The van der Waals surface area contributed by atoms with Gasteiger partial charge in [0.2, 0.25) is 0 Å². The van der Waals surface area contributed by atoms with Crippen LogP contribution in [0.3, 0.4) is 0 Å². The maximum Gasteiger partial charge on any atom is 0.168 e. The number of rotatable bonds is 6. The minimum Gasteiger partial charge on any atom is -0.493 e. The van der Waals surface area contributed by atoms with Crippen molar-refractivity contribution in [2.45, 2.75) is 12.8 Å². The van der Waals surface area contributed by atoms with Crippen LogP contribution < -0.4 is 15.8 Å². The molecule has 78 valence electrons. The fraction of sp³-hybridized carbons (Fsp3) is 0.500. The number of unbranched alkanes of at least 4 members (excludes halogenated alkanes) is 1. The molecule has 0 aromatic carbocycles. The largest absolute Gasteiger partial charge is 0.493 e. The first kappa shape index (κ1) is 10.8. The van der Waals surface area contributed by atoms with E-state index in [1.165, 1.54) is 0 Å². The predicted molar refractivity (Wildman–Crippen MR) is 57.6 cm³/mol. The Bertz CT molecular complexity index is 265. The summed E-state index contributed by atoms with van der Waals surface area (Å²) in [4.78, 5) is 4.18. The van der Waals surface area contributed by atoms with Gasteiger partial charge in [0.15, 0.2) is 11.6 Å². The second-order valence-electron chi connectivity index (χ2n) is 2.98. The van der Waals surface area contributed by atoms with Crippen molar-refractivity contribution in [2.75, 3.05) is 25.5 Å². The highest BCUT2D eigenvalue weighted by Gasteiger charge is 2.00. The number of ether oxygens (including phenoxy) is 1. The average Bonchev–Trinajstić information content (AvgIpc) is 2.25. The highest BCUT2D eigenvalue weighted by molar-refractivity contribution is 5.49. The fourth-order valence-corrected chi connectivity index (χ4v) is 1.16. The maximum atomic E-state index is 5.40. The summed E-state index contributed by atoms with van der Waals surface area (Å²) in [5.74, 6) is 1.58. The first-order chi connectivity index (χ1) is 6.88. The van der Waals surface area contributed by atoms with E-state index in [2.05, 4.69) is 10.3 Å². The van der Waals surface area contributed by atoms with E-state index in [1.807, 2.05) is 12.1 Å². The van der Waals surface area contributed by atoms with Gasteiger partial charge in [-0.1, -0.05) is 0 Å². The van der Waals surface area contributed by atoms with Crippen LogP contribution in [0.25, 0.3) is 0 Å². The molecule has 0 radical (unpaired) electrons. The molecule has 0 saturated carbocycles. The van der Waals surface area contributed by atoms with Gasteiger partial charge < -0.3 is 15.8 Å². The molecule has 4 nitrogen and oxygen atoms in total. The van der Waals surface area contributed by atoms with Gasteiger partial charge in [0.05, 0.1) is 7.11 Å². The molecule has 0 aliphatic rings. The molecule has 1 aromatic heterocycles. The summed E-state index contributed by atoms with van der Waals surface area (Å²) < 4.78 is 5.15. The zero-order chi connectivity index (χ0) is 10.2. The van der Waals surface area contributed by atoms with Crippen LogP contribution in [-0.2, 0) is 0 Å². The van der Waals surface area contributed by atoms with Crippen molar-refractivity contribution in [1.82, 2.24) is 4.98 Å². The van der Waals surface area contributed by atoms with Crippen molar-refractivity contribution in [3.63, 3.8) is 0 Å². The zero-order valence-electron chi connectivity index (χ0n) is 8.49. The van der Waals surface area contributed by atoms with Gasteiger partial charge in [-0.3, -0.25) is 0 Å². The molecule has 4 heteroatoms. The Morgan fingerprint density at radius 1 is 1.50 bits per heavy atom. The van der Waals surface area contributed by atoms with E-state index in [4.69, 9.17) is 10.5 Å². The first-order valence-corrected chi connectivity index (χ1v) is 4.81. The van der Waals surface area contributed by atoms with Crippen molar-refractivity contribution in [3.05, 3.63) is 18.3 Å². The van der Waals surface area contributed by atoms with Gasteiger partial charge in [0, 0.05) is 12.7 Å². The summed E-state index contributed by atoms with van der Waals surface area (Å²) in [6.07, 6.45) is 3.83. The van der Waals surface area contributed by atoms with Gasteiger partial charge >= 0.3 is 0 Å². The van der Waals surface area contributed by atoms with E-state index in [-0.39, 0.29) is 0 Å². The summed E-state index contributed by atoms with van der Waals surface area (Å²) in [5, 5.41) is 3.21. The van der Waals surface area contributed by atoms with Crippen LogP contribution in [0.1, 0.15) is 12.8 Å². The molecule has 14 heavy (non-hydrogen) atoms. The van der Waals surface area contributed by atoms with Gasteiger partial charge in [-0.2, -0.15) is 0 Å². The van der Waals surface area contributed by atoms with Gasteiger partial charge in [0.25, 0.3) is 0 Å². The van der Waals surface area contributed by atoms with E-state index in [0.29, 0.717) is 0 Å². The fourth-order valence-electron chi connectivity index (χ4n) is 1.16. The Morgan fingerprint density at radius 3 is 3.07 bits per heavy atom. The third-order valence-corrected chi connectivity index (χ3v) is 1.91. The van der Waals surface area contributed by atoms with Gasteiger partial charge in [-0.05, 0) is 31.5 Å². The monoisotopic (exact) mass is 195 g/mol. The molecule has 0 fully saturated rings. The Balaban J connectivity index is 2.41. The standard InChI is InChI=1S/C10H17N3O/c1-14-9-5-4-8-13-10(9)12-7-3-2-6-11/h4-5,8H,2-3,6-7,11H2,1H3,(H,12,13). The number of nitrogens with two attached hydrogens (primary N) is 1. The summed E-state index contributed by atoms with van der Waals surface area (Å²) in [6.45, 7) is 1.62. The van der Waals surface area contributed by atoms with Gasteiger partial charge in [0.1, 0.15) is 0 Å². The first-order valence-electron chi connectivity index (χ1n) is 4.81. The molecular weight excluding hydrogens is 178 g/mol. The normalized spacial score (nSPS) is 9.86. The second kappa shape index (κ2) is 6.21. The van der Waals surface area contributed by atoms with Crippen LogP contribution in [0.4, 0.5) is 5.82 Å². The van der Waals surface area contributed by atoms with Crippen LogP contribution in [-0.4, -0.2) is 25.2 Å². The van der Waals surface area contributed by atoms with E-state index in [0.717, 1.165) is 37.5 Å². The quantitative estimate of drug-likeness (QED) is 0.670. The van der Waals surface area contributed by atoms with E-state index in [1.54, 1.807) is 13.3 Å². The molecule has 3 N–H and O–H groups in total. The molecular formula is C10H17N3O. The molecule has 0 spiro atoms. The van der Waals surface area contributed by atoms with Crippen molar-refractivity contribution < 1.29 is 4.74 Å².